The zero-order chi connectivity index (χ0) is 16.6. The number of allylic oxidation sites excluding steroid dienone is 1. The van der Waals surface area contributed by atoms with E-state index < -0.39 is 0 Å². The molecule has 4 aliphatic rings. The van der Waals surface area contributed by atoms with Crippen molar-refractivity contribution in [3.63, 3.8) is 0 Å². The molecule has 0 amide bonds. The molecule has 0 bridgehead atoms. The quantitative estimate of drug-likeness (QED) is 0.654. The molecule has 0 aromatic carbocycles. The van der Waals surface area contributed by atoms with E-state index in [9.17, 15) is 10.2 Å². The van der Waals surface area contributed by atoms with E-state index in [0.717, 1.165) is 31.1 Å². The Morgan fingerprint density at radius 3 is 2.35 bits per heavy atom. The van der Waals surface area contributed by atoms with Crippen molar-refractivity contribution in [3.8, 4) is 0 Å². The minimum Gasteiger partial charge on any atom is -0.393 e. The van der Waals surface area contributed by atoms with Gasteiger partial charge in [-0.3, -0.25) is 0 Å². The summed E-state index contributed by atoms with van der Waals surface area (Å²) in [5.74, 6) is 2.18. The SMILES string of the molecule is CC1(C)C2=CC[C@H]3[C@@H]4CC[C@@H](O)[C@@]4(C)CC[C@@H]3[C@@]2(C)CC[C@@H]1O. The van der Waals surface area contributed by atoms with Crippen LogP contribution in [0.15, 0.2) is 11.6 Å². The van der Waals surface area contributed by atoms with Crippen LogP contribution in [0, 0.1) is 34.0 Å². The van der Waals surface area contributed by atoms with E-state index in [1.165, 1.54) is 31.3 Å². The van der Waals surface area contributed by atoms with Gasteiger partial charge in [0.2, 0.25) is 0 Å². The van der Waals surface area contributed by atoms with Crippen LogP contribution in [0.25, 0.3) is 0 Å². The number of hydrogen-bond donors (Lipinski definition) is 2. The zero-order valence-corrected chi connectivity index (χ0v) is 15.3. The Balaban J connectivity index is 1.73. The Bertz CT molecular complexity index is 536. The minimum atomic E-state index is -0.194. The predicted molar refractivity (Wildman–Crippen MR) is 92.9 cm³/mol. The maximum atomic E-state index is 10.5. The van der Waals surface area contributed by atoms with Gasteiger partial charge in [-0.1, -0.05) is 39.3 Å². The Kier molecular flexibility index (Phi) is 3.40. The molecular formula is C21H34O2. The van der Waals surface area contributed by atoms with Gasteiger partial charge in [-0.15, -0.1) is 0 Å². The normalized spacial score (nSPS) is 54.7. The molecule has 130 valence electrons. The van der Waals surface area contributed by atoms with E-state index in [-0.39, 0.29) is 28.5 Å². The smallest absolute Gasteiger partial charge is 0.0628 e. The van der Waals surface area contributed by atoms with Gasteiger partial charge in [-0.25, -0.2) is 0 Å². The average molecular weight is 319 g/mol. The summed E-state index contributed by atoms with van der Waals surface area (Å²) in [6.07, 6.45) is 10.1. The molecule has 0 aliphatic heterocycles. The second-order valence-electron chi connectivity index (χ2n) is 10.1. The monoisotopic (exact) mass is 318 g/mol. The van der Waals surface area contributed by atoms with Gasteiger partial charge in [0.05, 0.1) is 12.2 Å². The van der Waals surface area contributed by atoms with Crippen LogP contribution >= 0.6 is 0 Å². The molecular weight excluding hydrogens is 284 g/mol. The molecule has 2 N–H and O–H groups in total. The Morgan fingerprint density at radius 1 is 0.870 bits per heavy atom. The number of hydrogen-bond acceptors (Lipinski definition) is 2. The lowest BCUT2D eigenvalue weighted by atomic mass is 9.45. The van der Waals surface area contributed by atoms with Gasteiger partial charge in [0.1, 0.15) is 0 Å². The van der Waals surface area contributed by atoms with Crippen molar-refractivity contribution in [1.29, 1.82) is 0 Å². The highest BCUT2D eigenvalue weighted by Gasteiger charge is 2.60. The molecule has 4 rings (SSSR count). The first-order valence-corrected chi connectivity index (χ1v) is 9.78. The molecule has 2 heteroatoms. The van der Waals surface area contributed by atoms with Crippen molar-refractivity contribution >= 4 is 0 Å². The highest BCUT2D eigenvalue weighted by molar-refractivity contribution is 5.31. The molecule has 3 fully saturated rings. The third kappa shape index (κ3) is 1.94. The molecule has 0 aromatic heterocycles. The summed E-state index contributed by atoms with van der Waals surface area (Å²) in [5, 5.41) is 21.1. The Hall–Kier alpha value is -0.340. The van der Waals surface area contributed by atoms with E-state index in [1.54, 1.807) is 0 Å². The average Bonchev–Trinajstić information content (AvgIpc) is 2.79. The maximum Gasteiger partial charge on any atom is 0.0628 e. The minimum absolute atomic E-state index is 0.0755. The van der Waals surface area contributed by atoms with Gasteiger partial charge in [-0.2, -0.15) is 0 Å². The number of aliphatic hydroxyl groups excluding tert-OH is 2. The van der Waals surface area contributed by atoms with Crippen molar-refractivity contribution < 1.29 is 10.2 Å². The third-order valence-corrected chi connectivity index (χ3v) is 8.88. The van der Waals surface area contributed by atoms with Gasteiger partial charge < -0.3 is 10.2 Å². The van der Waals surface area contributed by atoms with Crippen molar-refractivity contribution in [3.05, 3.63) is 11.6 Å². The molecule has 7 atom stereocenters. The second kappa shape index (κ2) is 4.85. The lowest BCUT2D eigenvalue weighted by molar-refractivity contribution is -0.0870. The first-order chi connectivity index (χ1) is 10.7. The molecule has 0 heterocycles. The molecule has 0 unspecified atom stereocenters. The van der Waals surface area contributed by atoms with Gasteiger partial charge in [0.15, 0.2) is 0 Å². The summed E-state index contributed by atoms with van der Waals surface area (Å²) in [4.78, 5) is 0. The molecule has 0 radical (unpaired) electrons. The molecule has 3 saturated carbocycles. The largest absolute Gasteiger partial charge is 0.393 e. The van der Waals surface area contributed by atoms with Gasteiger partial charge in [0.25, 0.3) is 0 Å². The summed E-state index contributed by atoms with van der Waals surface area (Å²) in [5.41, 5.74) is 1.88. The standard InChI is InChI=1S/C21H34O2/c1-19(2)16-7-5-13-14-6-8-18(23)21(14,4)11-9-15(13)20(16,3)12-10-17(19)22/h7,13-15,17-18,22-23H,5-6,8-12H2,1-4H3/t13-,14-,15-,17-,18+,20+,21-/m0/s1. The molecule has 0 spiro atoms. The van der Waals surface area contributed by atoms with Crippen LogP contribution in [0.2, 0.25) is 0 Å². The molecule has 4 aliphatic carbocycles. The fourth-order valence-corrected chi connectivity index (χ4v) is 7.36. The van der Waals surface area contributed by atoms with Crippen LogP contribution in [-0.4, -0.2) is 22.4 Å². The summed E-state index contributed by atoms with van der Waals surface area (Å²) in [6.45, 7) is 9.32. The lowest BCUT2D eigenvalue weighted by Crippen LogP contribution is -2.54. The van der Waals surface area contributed by atoms with Crippen LogP contribution in [0.1, 0.15) is 72.6 Å². The molecule has 0 saturated heterocycles. The van der Waals surface area contributed by atoms with E-state index in [2.05, 4.69) is 33.8 Å². The van der Waals surface area contributed by atoms with Gasteiger partial charge in [0, 0.05) is 5.41 Å². The van der Waals surface area contributed by atoms with Crippen LogP contribution in [0.4, 0.5) is 0 Å². The van der Waals surface area contributed by atoms with E-state index >= 15 is 0 Å². The fourth-order valence-electron chi connectivity index (χ4n) is 7.36. The number of aliphatic hydroxyl groups is 2. The third-order valence-electron chi connectivity index (χ3n) is 8.88. The van der Waals surface area contributed by atoms with Crippen molar-refractivity contribution in [1.82, 2.24) is 0 Å². The Morgan fingerprint density at radius 2 is 1.61 bits per heavy atom. The van der Waals surface area contributed by atoms with Crippen molar-refractivity contribution in [2.45, 2.75) is 84.8 Å². The predicted octanol–water partition coefficient (Wildman–Crippen LogP) is 4.31. The van der Waals surface area contributed by atoms with E-state index in [0.29, 0.717) is 5.92 Å². The van der Waals surface area contributed by atoms with E-state index in [4.69, 9.17) is 0 Å². The first-order valence-electron chi connectivity index (χ1n) is 9.78. The van der Waals surface area contributed by atoms with Crippen LogP contribution in [-0.2, 0) is 0 Å². The fraction of sp³-hybridized carbons (Fsp3) is 0.905. The second-order valence-corrected chi connectivity index (χ2v) is 10.1. The molecule has 23 heavy (non-hydrogen) atoms. The van der Waals surface area contributed by atoms with Crippen LogP contribution < -0.4 is 0 Å². The van der Waals surface area contributed by atoms with Crippen molar-refractivity contribution in [2.24, 2.45) is 34.0 Å². The highest BCUT2D eigenvalue weighted by Crippen LogP contribution is 2.66. The molecule has 0 aromatic rings. The first kappa shape index (κ1) is 16.1. The Labute approximate surface area is 141 Å². The summed E-state index contributed by atoms with van der Waals surface area (Å²) >= 11 is 0. The topological polar surface area (TPSA) is 40.5 Å². The summed E-state index contributed by atoms with van der Waals surface area (Å²) < 4.78 is 0. The molecule has 2 nitrogen and oxygen atoms in total. The van der Waals surface area contributed by atoms with Crippen molar-refractivity contribution in [2.75, 3.05) is 0 Å². The lowest BCUT2D eigenvalue weighted by Gasteiger charge is -2.60. The van der Waals surface area contributed by atoms with Gasteiger partial charge in [-0.05, 0) is 73.5 Å². The van der Waals surface area contributed by atoms with Crippen LogP contribution in [0.5, 0.6) is 0 Å². The number of rotatable bonds is 0. The summed E-state index contributed by atoms with van der Waals surface area (Å²) in [6, 6.07) is 0. The zero-order valence-electron chi connectivity index (χ0n) is 15.3. The van der Waals surface area contributed by atoms with E-state index in [1.807, 2.05) is 0 Å². The van der Waals surface area contributed by atoms with Gasteiger partial charge >= 0.3 is 0 Å². The highest BCUT2D eigenvalue weighted by atomic mass is 16.3. The van der Waals surface area contributed by atoms with Crippen LogP contribution in [0.3, 0.4) is 0 Å². The summed E-state index contributed by atoms with van der Waals surface area (Å²) in [7, 11) is 0. The maximum absolute atomic E-state index is 10.5. The number of fused-ring (bicyclic) bond motifs is 5.